The number of anilines is 1. The van der Waals surface area contributed by atoms with Gasteiger partial charge in [0.25, 0.3) is 0 Å². The van der Waals surface area contributed by atoms with Gasteiger partial charge in [-0.05, 0) is 30.9 Å². The molecular weight excluding hydrogens is 406 g/mol. The molecule has 0 aliphatic rings. The molecule has 0 radical (unpaired) electrons. The molecule has 0 saturated heterocycles. The van der Waals surface area contributed by atoms with Gasteiger partial charge in [-0.15, -0.1) is 11.3 Å². The minimum atomic E-state index is -0.460. The number of thiazole rings is 1. The topological polar surface area (TPSA) is 62.3 Å². The lowest BCUT2D eigenvalue weighted by molar-refractivity contribution is -0.135. The number of aryl methyl sites for hydroxylation is 2. The molecule has 1 aromatic heterocycles. The first kappa shape index (κ1) is 22.7. The largest absolute Gasteiger partial charge is 0.332 e. The molecule has 0 spiro atoms. The van der Waals surface area contributed by atoms with Gasteiger partial charge in [-0.25, -0.2) is 4.98 Å². The minimum Gasteiger partial charge on any atom is -0.332 e. The van der Waals surface area contributed by atoms with Crippen LogP contribution in [0.2, 0.25) is 0 Å². The second-order valence-corrected chi connectivity index (χ2v) is 9.28. The van der Waals surface area contributed by atoms with Crippen molar-refractivity contribution in [1.29, 1.82) is 0 Å². The maximum atomic E-state index is 13.8. The summed E-state index contributed by atoms with van der Waals surface area (Å²) in [6.45, 7) is 8.47. The summed E-state index contributed by atoms with van der Waals surface area (Å²) in [7, 11) is 0. The first-order valence-electron chi connectivity index (χ1n) is 10.5. The van der Waals surface area contributed by atoms with E-state index in [1.165, 1.54) is 11.3 Å². The highest BCUT2D eigenvalue weighted by atomic mass is 32.1. The number of amides is 2. The molecule has 31 heavy (non-hydrogen) atoms. The van der Waals surface area contributed by atoms with Crippen molar-refractivity contribution >= 4 is 28.3 Å². The average Bonchev–Trinajstić information content (AvgIpc) is 3.05. The Morgan fingerprint density at radius 3 is 1.97 bits per heavy atom. The Kier molecular flexibility index (Phi) is 7.58. The van der Waals surface area contributed by atoms with Crippen LogP contribution in [0.5, 0.6) is 0 Å². The van der Waals surface area contributed by atoms with E-state index in [2.05, 4.69) is 10.3 Å². The third-order valence-electron chi connectivity index (χ3n) is 5.02. The zero-order valence-corrected chi connectivity index (χ0v) is 19.3. The summed E-state index contributed by atoms with van der Waals surface area (Å²) in [5.41, 5.74) is 2.74. The number of nitrogens with zero attached hydrogens (tertiary/aromatic N) is 2. The summed E-state index contributed by atoms with van der Waals surface area (Å²) in [4.78, 5) is 33.7. The molecule has 0 aliphatic heterocycles. The molecule has 162 valence electrons. The summed E-state index contributed by atoms with van der Waals surface area (Å²) in [6, 6.07) is 19.5. The molecule has 6 heteroatoms. The van der Waals surface area contributed by atoms with E-state index in [1.807, 2.05) is 88.4 Å². The van der Waals surface area contributed by atoms with E-state index in [9.17, 15) is 9.59 Å². The predicted molar refractivity (Wildman–Crippen MR) is 126 cm³/mol. The molecule has 0 unspecified atom stereocenters. The van der Waals surface area contributed by atoms with Crippen molar-refractivity contribution in [2.24, 2.45) is 5.92 Å². The van der Waals surface area contributed by atoms with Crippen molar-refractivity contribution < 1.29 is 9.59 Å². The highest BCUT2D eigenvalue weighted by molar-refractivity contribution is 7.15. The predicted octanol–water partition coefficient (Wildman–Crippen LogP) is 5.02. The van der Waals surface area contributed by atoms with Crippen molar-refractivity contribution in [3.05, 3.63) is 82.4 Å². The first-order valence-corrected chi connectivity index (χ1v) is 11.3. The highest BCUT2D eigenvalue weighted by Crippen LogP contribution is 2.27. The number of carbonyl (C=O) groups is 2. The number of benzene rings is 2. The summed E-state index contributed by atoms with van der Waals surface area (Å²) in [6.07, 6.45) is 0. The molecule has 0 aliphatic carbocycles. The third kappa shape index (κ3) is 6.01. The van der Waals surface area contributed by atoms with Crippen LogP contribution >= 0.6 is 11.3 Å². The quantitative estimate of drug-likeness (QED) is 0.541. The van der Waals surface area contributed by atoms with Crippen LogP contribution in [-0.2, 0) is 9.59 Å². The van der Waals surface area contributed by atoms with E-state index in [0.717, 1.165) is 21.7 Å². The molecule has 0 bridgehead atoms. The number of hydrogen-bond donors (Lipinski definition) is 1. The van der Waals surface area contributed by atoms with Gasteiger partial charge in [0.05, 0.1) is 18.2 Å². The summed E-state index contributed by atoms with van der Waals surface area (Å²) < 4.78 is 0. The SMILES string of the molecule is Cc1nc(NC(=O)CN(CC(C)C)C(=O)C(c2ccccc2)c2ccccc2)sc1C. The van der Waals surface area contributed by atoms with Crippen LogP contribution in [0.3, 0.4) is 0 Å². The lowest BCUT2D eigenvalue weighted by atomic mass is 9.89. The number of rotatable bonds is 8. The van der Waals surface area contributed by atoms with Crippen molar-refractivity contribution in [2.45, 2.75) is 33.6 Å². The molecule has 0 fully saturated rings. The number of carbonyl (C=O) groups excluding carboxylic acids is 2. The highest BCUT2D eigenvalue weighted by Gasteiger charge is 2.29. The van der Waals surface area contributed by atoms with Crippen LogP contribution in [0, 0.1) is 19.8 Å². The van der Waals surface area contributed by atoms with Crippen LogP contribution in [0.25, 0.3) is 0 Å². The van der Waals surface area contributed by atoms with Crippen molar-refractivity contribution in [2.75, 3.05) is 18.4 Å². The van der Waals surface area contributed by atoms with E-state index >= 15 is 0 Å². The standard InChI is InChI=1S/C25H29N3O2S/c1-17(2)15-28(16-22(29)27-25-26-18(3)19(4)31-25)24(30)23(20-11-7-5-8-12-20)21-13-9-6-10-14-21/h5-14,17,23H,15-16H2,1-4H3,(H,26,27,29). The number of nitrogens with one attached hydrogen (secondary N) is 1. The van der Waals surface area contributed by atoms with Gasteiger partial charge in [-0.3, -0.25) is 9.59 Å². The summed E-state index contributed by atoms with van der Waals surface area (Å²) in [5, 5.41) is 3.42. The zero-order valence-electron chi connectivity index (χ0n) is 18.5. The lowest BCUT2D eigenvalue weighted by Gasteiger charge is -2.29. The number of hydrogen-bond acceptors (Lipinski definition) is 4. The monoisotopic (exact) mass is 435 g/mol. The summed E-state index contributed by atoms with van der Waals surface area (Å²) in [5.74, 6) is -0.540. The fourth-order valence-corrected chi connectivity index (χ4v) is 4.31. The van der Waals surface area contributed by atoms with Gasteiger partial charge in [0.1, 0.15) is 0 Å². The fraction of sp³-hybridized carbons (Fsp3) is 0.320. The van der Waals surface area contributed by atoms with E-state index in [1.54, 1.807) is 4.90 Å². The Labute approximate surface area is 188 Å². The van der Waals surface area contributed by atoms with Gasteiger partial charge in [-0.1, -0.05) is 74.5 Å². The lowest BCUT2D eigenvalue weighted by Crippen LogP contribution is -2.42. The van der Waals surface area contributed by atoms with E-state index in [-0.39, 0.29) is 24.3 Å². The summed E-state index contributed by atoms with van der Waals surface area (Å²) >= 11 is 1.45. The molecule has 2 amide bonds. The van der Waals surface area contributed by atoms with Gasteiger partial charge in [0.2, 0.25) is 11.8 Å². The Balaban J connectivity index is 1.86. The van der Waals surface area contributed by atoms with Gasteiger partial charge in [-0.2, -0.15) is 0 Å². The van der Waals surface area contributed by atoms with Crippen LogP contribution in [-0.4, -0.2) is 34.8 Å². The maximum Gasteiger partial charge on any atom is 0.245 e. The zero-order chi connectivity index (χ0) is 22.4. The molecule has 3 aromatic rings. The van der Waals surface area contributed by atoms with Crippen LogP contribution in [0.1, 0.15) is 41.5 Å². The molecule has 0 atom stereocenters. The van der Waals surface area contributed by atoms with Crippen LogP contribution in [0.15, 0.2) is 60.7 Å². The Bertz CT molecular complexity index is 957. The molecule has 1 heterocycles. The molecule has 2 aromatic carbocycles. The fourth-order valence-electron chi connectivity index (χ4n) is 3.48. The normalized spacial score (nSPS) is 11.0. The minimum absolute atomic E-state index is 0.00907. The second kappa shape index (κ2) is 10.4. The van der Waals surface area contributed by atoms with Crippen LogP contribution in [0.4, 0.5) is 5.13 Å². The van der Waals surface area contributed by atoms with Crippen molar-refractivity contribution in [1.82, 2.24) is 9.88 Å². The molecule has 0 saturated carbocycles. The van der Waals surface area contributed by atoms with Crippen LogP contribution < -0.4 is 5.32 Å². The second-order valence-electron chi connectivity index (χ2n) is 8.08. The van der Waals surface area contributed by atoms with E-state index < -0.39 is 5.92 Å². The van der Waals surface area contributed by atoms with E-state index in [0.29, 0.717) is 11.7 Å². The van der Waals surface area contributed by atoms with Crippen molar-refractivity contribution in [3.8, 4) is 0 Å². The van der Waals surface area contributed by atoms with Gasteiger partial charge >= 0.3 is 0 Å². The molecule has 5 nitrogen and oxygen atoms in total. The Hall–Kier alpha value is -2.99. The molecule has 1 N–H and O–H groups in total. The number of aromatic nitrogens is 1. The van der Waals surface area contributed by atoms with Gasteiger partial charge in [0.15, 0.2) is 5.13 Å². The smallest absolute Gasteiger partial charge is 0.245 e. The first-order chi connectivity index (χ1) is 14.8. The van der Waals surface area contributed by atoms with Crippen molar-refractivity contribution in [3.63, 3.8) is 0 Å². The van der Waals surface area contributed by atoms with Gasteiger partial charge in [0, 0.05) is 11.4 Å². The van der Waals surface area contributed by atoms with E-state index in [4.69, 9.17) is 0 Å². The van der Waals surface area contributed by atoms with Gasteiger partial charge < -0.3 is 10.2 Å². The maximum absolute atomic E-state index is 13.8. The Morgan fingerprint density at radius 2 is 1.52 bits per heavy atom. The molecule has 3 rings (SSSR count). The third-order valence-corrected chi connectivity index (χ3v) is 6.01. The molecular formula is C25H29N3O2S. The Morgan fingerprint density at radius 1 is 0.968 bits per heavy atom. The average molecular weight is 436 g/mol.